The number of carbonyl (C=O) groups excluding carboxylic acids is 1. The summed E-state index contributed by atoms with van der Waals surface area (Å²) in [6.45, 7) is 2.32. The lowest BCUT2D eigenvalue weighted by Crippen LogP contribution is -2.30. The van der Waals surface area contributed by atoms with E-state index in [2.05, 4.69) is 73.1 Å². The van der Waals surface area contributed by atoms with Gasteiger partial charge in [-0.2, -0.15) is 0 Å². The highest BCUT2D eigenvalue weighted by Gasteiger charge is 2.16. The third kappa shape index (κ3) is 5.62. The van der Waals surface area contributed by atoms with Gasteiger partial charge >= 0.3 is 5.97 Å². The maximum absolute atomic E-state index is 12.2. The Morgan fingerprint density at radius 3 is 2.50 bits per heavy atom. The number of halogens is 3. The quantitative estimate of drug-likeness (QED) is 0.380. The van der Waals surface area contributed by atoms with E-state index in [0.29, 0.717) is 12.1 Å². The Labute approximate surface area is 158 Å². The molecule has 0 saturated carbocycles. The van der Waals surface area contributed by atoms with Gasteiger partial charge in [0.25, 0.3) is 5.91 Å². The van der Waals surface area contributed by atoms with Crippen LogP contribution in [0, 0.1) is 16.6 Å². The molecule has 1 unspecified atom stereocenters. The second-order valence-corrected chi connectivity index (χ2v) is 7.82. The van der Waals surface area contributed by atoms with Gasteiger partial charge in [-0.15, -0.1) is 0 Å². The van der Waals surface area contributed by atoms with Crippen molar-refractivity contribution in [1.29, 1.82) is 0 Å². The van der Waals surface area contributed by atoms with Crippen LogP contribution < -0.4 is 5.32 Å². The fraction of sp³-hybridized carbons (Fsp3) is 0.385. The molecule has 1 aromatic rings. The Balaban J connectivity index is 2.74. The van der Waals surface area contributed by atoms with Crippen molar-refractivity contribution in [3.8, 4) is 0 Å². The molecule has 0 spiro atoms. The smallest absolute Gasteiger partial charge is 0.303 e. The molecule has 0 fully saturated rings. The Morgan fingerprint density at radius 2 is 1.95 bits per heavy atom. The molecule has 2 N–H and O–H groups in total. The monoisotopic (exact) mass is 613 g/mol. The molecule has 0 heterocycles. The van der Waals surface area contributed by atoms with E-state index in [1.807, 2.05) is 19.1 Å². The van der Waals surface area contributed by atoms with Crippen molar-refractivity contribution in [2.24, 2.45) is 5.92 Å². The third-order valence-corrected chi connectivity index (χ3v) is 6.50. The van der Waals surface area contributed by atoms with Crippen molar-refractivity contribution in [2.45, 2.75) is 19.8 Å². The molecular weight excluding hydrogens is 599 g/mol. The lowest BCUT2D eigenvalue weighted by molar-refractivity contribution is -0.138. The van der Waals surface area contributed by atoms with E-state index in [9.17, 15) is 9.59 Å². The van der Waals surface area contributed by atoms with Crippen LogP contribution >= 0.6 is 67.8 Å². The molecule has 0 radical (unpaired) electrons. The molecule has 0 saturated heterocycles. The van der Waals surface area contributed by atoms with Crippen LogP contribution in [0.3, 0.4) is 0 Å². The summed E-state index contributed by atoms with van der Waals surface area (Å²) in [6, 6.07) is 3.86. The van der Waals surface area contributed by atoms with Gasteiger partial charge in [-0.25, -0.2) is 0 Å². The van der Waals surface area contributed by atoms with Gasteiger partial charge in [0.15, 0.2) is 0 Å². The Hall–Kier alpha value is 0.350. The van der Waals surface area contributed by atoms with Gasteiger partial charge < -0.3 is 10.4 Å². The van der Waals surface area contributed by atoms with Gasteiger partial charge in [0.05, 0.1) is 5.56 Å². The van der Waals surface area contributed by atoms with Crippen molar-refractivity contribution in [3.05, 3.63) is 28.4 Å². The second kappa shape index (κ2) is 8.71. The van der Waals surface area contributed by atoms with Crippen LogP contribution in [0.4, 0.5) is 0 Å². The molecule has 0 aromatic heterocycles. The average molecular weight is 613 g/mol. The minimum Gasteiger partial charge on any atom is -0.481 e. The summed E-state index contributed by atoms with van der Waals surface area (Å²) in [5, 5.41) is 11.6. The molecule has 1 aromatic carbocycles. The summed E-state index contributed by atoms with van der Waals surface area (Å²) in [4.78, 5) is 22.9. The Morgan fingerprint density at radius 1 is 1.30 bits per heavy atom. The molecule has 20 heavy (non-hydrogen) atoms. The predicted molar refractivity (Wildman–Crippen MR) is 103 cm³/mol. The van der Waals surface area contributed by atoms with E-state index in [4.69, 9.17) is 5.11 Å². The van der Waals surface area contributed by atoms with Crippen LogP contribution in [0.25, 0.3) is 0 Å². The molecule has 4 nitrogen and oxygen atoms in total. The van der Waals surface area contributed by atoms with Gasteiger partial charge in [-0.05, 0) is 85.8 Å². The second-order valence-electron chi connectivity index (χ2n) is 4.33. The first kappa shape index (κ1) is 18.4. The number of carboxylic acid groups (broad SMARTS) is 1. The fourth-order valence-electron chi connectivity index (χ4n) is 1.66. The van der Waals surface area contributed by atoms with Crippen LogP contribution in [-0.4, -0.2) is 23.5 Å². The molecule has 110 valence electrons. The number of aliphatic carboxylic acids is 1. The van der Waals surface area contributed by atoms with E-state index in [1.54, 1.807) is 0 Å². The highest BCUT2D eigenvalue weighted by Crippen LogP contribution is 2.22. The highest BCUT2D eigenvalue weighted by molar-refractivity contribution is 14.1. The first-order chi connectivity index (χ1) is 9.35. The van der Waals surface area contributed by atoms with Crippen LogP contribution in [0.5, 0.6) is 0 Å². The van der Waals surface area contributed by atoms with E-state index in [0.717, 1.165) is 17.1 Å². The molecule has 1 amide bonds. The topological polar surface area (TPSA) is 66.4 Å². The standard InChI is InChI=1S/C13H14I3NO3/c1-2-7(3-11(18)19)6-17-13(20)9-4-8(14)5-10(15)12(9)16/h4-5,7H,2-3,6H2,1H3,(H,17,20)(H,18,19). The number of rotatable bonds is 6. The van der Waals surface area contributed by atoms with E-state index in [-0.39, 0.29) is 18.2 Å². The van der Waals surface area contributed by atoms with Crippen LogP contribution in [-0.2, 0) is 4.79 Å². The van der Waals surface area contributed by atoms with Crippen LogP contribution in [0.1, 0.15) is 30.1 Å². The minimum absolute atomic E-state index is 0.0315. The zero-order chi connectivity index (χ0) is 15.3. The van der Waals surface area contributed by atoms with Crippen LogP contribution in [0.2, 0.25) is 0 Å². The van der Waals surface area contributed by atoms with Crippen molar-refractivity contribution >= 4 is 79.6 Å². The number of carboxylic acids is 1. The van der Waals surface area contributed by atoms with Crippen LogP contribution in [0.15, 0.2) is 12.1 Å². The van der Waals surface area contributed by atoms with Gasteiger partial charge in [-0.1, -0.05) is 13.3 Å². The molecule has 0 aliphatic heterocycles. The Kier molecular flexibility index (Phi) is 8.01. The highest BCUT2D eigenvalue weighted by atomic mass is 127. The van der Waals surface area contributed by atoms with Gasteiger partial charge in [0.1, 0.15) is 0 Å². The number of nitrogens with one attached hydrogen (secondary N) is 1. The molecule has 1 atom stereocenters. The largest absolute Gasteiger partial charge is 0.481 e. The molecule has 0 aliphatic carbocycles. The van der Waals surface area contributed by atoms with Gasteiger partial charge in [0, 0.05) is 23.7 Å². The number of carbonyl (C=O) groups is 2. The summed E-state index contributed by atoms with van der Waals surface area (Å²) >= 11 is 6.54. The summed E-state index contributed by atoms with van der Waals surface area (Å²) in [5.74, 6) is -1.00. The maximum atomic E-state index is 12.2. The average Bonchev–Trinajstić information content (AvgIpc) is 2.37. The zero-order valence-corrected chi connectivity index (χ0v) is 17.2. The maximum Gasteiger partial charge on any atom is 0.303 e. The van der Waals surface area contributed by atoms with E-state index < -0.39 is 5.97 Å². The van der Waals surface area contributed by atoms with Gasteiger partial charge in [-0.3, -0.25) is 9.59 Å². The number of hydrogen-bond donors (Lipinski definition) is 2. The molecular formula is C13H14I3NO3. The molecule has 0 aliphatic rings. The predicted octanol–water partition coefficient (Wildman–Crippen LogP) is 3.73. The number of hydrogen-bond acceptors (Lipinski definition) is 2. The summed E-state index contributed by atoms with van der Waals surface area (Å²) < 4.78 is 2.97. The fourth-order valence-corrected chi connectivity index (χ4v) is 4.06. The number of benzene rings is 1. The summed E-state index contributed by atoms with van der Waals surface area (Å²) in [7, 11) is 0. The SMILES string of the molecule is CCC(CNC(=O)c1cc(I)cc(I)c1I)CC(=O)O. The normalized spacial score (nSPS) is 12.0. The lowest BCUT2D eigenvalue weighted by Gasteiger charge is -2.14. The van der Waals surface area contributed by atoms with Crippen molar-refractivity contribution in [1.82, 2.24) is 5.32 Å². The molecule has 7 heteroatoms. The number of amides is 1. The van der Waals surface area contributed by atoms with E-state index in [1.165, 1.54) is 0 Å². The summed E-state index contributed by atoms with van der Waals surface area (Å²) in [5.41, 5.74) is 0.645. The lowest BCUT2D eigenvalue weighted by atomic mass is 10.0. The molecule has 0 bridgehead atoms. The first-order valence-corrected chi connectivity index (χ1v) is 9.23. The third-order valence-electron chi connectivity index (χ3n) is 2.83. The van der Waals surface area contributed by atoms with Crippen molar-refractivity contribution < 1.29 is 14.7 Å². The Bertz CT molecular complexity index is 520. The van der Waals surface area contributed by atoms with Crippen molar-refractivity contribution in [2.75, 3.05) is 6.54 Å². The first-order valence-electron chi connectivity index (χ1n) is 5.99. The van der Waals surface area contributed by atoms with Crippen molar-refractivity contribution in [3.63, 3.8) is 0 Å². The van der Waals surface area contributed by atoms with Gasteiger partial charge in [0.2, 0.25) is 0 Å². The zero-order valence-electron chi connectivity index (χ0n) is 10.8. The summed E-state index contributed by atoms with van der Waals surface area (Å²) in [6.07, 6.45) is 0.811. The minimum atomic E-state index is -0.829. The van der Waals surface area contributed by atoms with E-state index >= 15 is 0 Å². The molecule has 1 rings (SSSR count).